The van der Waals surface area contributed by atoms with Crippen LogP contribution in [0.4, 0.5) is 0 Å². The molecular weight excluding hydrogens is 240 g/mol. The van der Waals surface area contributed by atoms with E-state index in [1.807, 2.05) is 31.2 Å². The molecule has 1 aromatic carbocycles. The van der Waals surface area contributed by atoms with Crippen LogP contribution in [-0.2, 0) is 4.79 Å². The van der Waals surface area contributed by atoms with Gasteiger partial charge in [0.25, 0.3) is 0 Å². The van der Waals surface area contributed by atoms with Crippen molar-refractivity contribution in [3.05, 3.63) is 29.8 Å². The van der Waals surface area contributed by atoms with Crippen molar-refractivity contribution in [3.63, 3.8) is 0 Å². The predicted molar refractivity (Wildman–Crippen MR) is 75.3 cm³/mol. The van der Waals surface area contributed by atoms with Crippen LogP contribution >= 0.6 is 0 Å². The Bertz CT molecular complexity index is 465. The molecule has 3 heteroatoms. The maximum atomic E-state index is 10.8. The van der Waals surface area contributed by atoms with Crippen LogP contribution in [0, 0.1) is 11.8 Å². The SMILES string of the molecule is CC#C[C@@H](CC(=O)O)c1ccc(O[C@@H](C)CC)cc1. The largest absolute Gasteiger partial charge is 0.491 e. The summed E-state index contributed by atoms with van der Waals surface area (Å²) in [7, 11) is 0. The molecule has 0 aliphatic carbocycles. The lowest BCUT2D eigenvalue weighted by molar-refractivity contribution is -0.137. The maximum Gasteiger partial charge on any atom is 0.304 e. The number of benzene rings is 1. The Morgan fingerprint density at radius 2 is 2.00 bits per heavy atom. The Kier molecular flexibility index (Phi) is 5.95. The summed E-state index contributed by atoms with van der Waals surface area (Å²) in [6, 6.07) is 7.51. The fraction of sp³-hybridized carbons (Fsp3) is 0.438. The van der Waals surface area contributed by atoms with E-state index < -0.39 is 5.97 Å². The van der Waals surface area contributed by atoms with Gasteiger partial charge in [0.1, 0.15) is 5.75 Å². The number of ether oxygens (including phenoxy) is 1. The van der Waals surface area contributed by atoms with Gasteiger partial charge < -0.3 is 9.84 Å². The van der Waals surface area contributed by atoms with Crippen LogP contribution in [0.25, 0.3) is 0 Å². The molecule has 0 aromatic heterocycles. The first-order valence-corrected chi connectivity index (χ1v) is 6.47. The van der Waals surface area contributed by atoms with Crippen molar-refractivity contribution in [2.75, 3.05) is 0 Å². The van der Waals surface area contributed by atoms with E-state index >= 15 is 0 Å². The summed E-state index contributed by atoms with van der Waals surface area (Å²) in [4.78, 5) is 10.8. The third kappa shape index (κ3) is 5.05. The number of rotatable bonds is 6. The quantitative estimate of drug-likeness (QED) is 0.797. The molecule has 0 saturated carbocycles. The van der Waals surface area contributed by atoms with Gasteiger partial charge in [-0.15, -0.1) is 5.92 Å². The number of carbonyl (C=O) groups is 1. The molecule has 2 atom stereocenters. The maximum absolute atomic E-state index is 10.8. The van der Waals surface area contributed by atoms with E-state index in [9.17, 15) is 4.79 Å². The minimum atomic E-state index is -0.840. The van der Waals surface area contributed by atoms with Gasteiger partial charge in [0.05, 0.1) is 18.4 Å². The zero-order valence-corrected chi connectivity index (χ0v) is 11.6. The topological polar surface area (TPSA) is 46.5 Å². The Labute approximate surface area is 114 Å². The van der Waals surface area contributed by atoms with Crippen molar-refractivity contribution in [2.45, 2.75) is 45.6 Å². The average Bonchev–Trinajstić information content (AvgIpc) is 2.38. The van der Waals surface area contributed by atoms with Crippen molar-refractivity contribution >= 4 is 5.97 Å². The van der Waals surface area contributed by atoms with Gasteiger partial charge in [0.15, 0.2) is 0 Å². The van der Waals surface area contributed by atoms with Crippen LogP contribution in [0.1, 0.15) is 45.1 Å². The second-order valence-electron chi connectivity index (χ2n) is 4.45. The van der Waals surface area contributed by atoms with Crippen LogP contribution in [-0.4, -0.2) is 17.2 Å². The lowest BCUT2D eigenvalue weighted by atomic mass is 9.96. The molecule has 0 unspecified atom stereocenters. The van der Waals surface area contributed by atoms with Crippen LogP contribution in [0.15, 0.2) is 24.3 Å². The molecule has 3 nitrogen and oxygen atoms in total. The van der Waals surface area contributed by atoms with Crippen molar-refractivity contribution in [3.8, 4) is 17.6 Å². The van der Waals surface area contributed by atoms with Gasteiger partial charge in [0.2, 0.25) is 0 Å². The summed E-state index contributed by atoms with van der Waals surface area (Å²) < 4.78 is 5.69. The highest BCUT2D eigenvalue weighted by molar-refractivity contribution is 5.69. The smallest absolute Gasteiger partial charge is 0.304 e. The monoisotopic (exact) mass is 260 g/mol. The van der Waals surface area contributed by atoms with Gasteiger partial charge in [0, 0.05) is 0 Å². The summed E-state index contributed by atoms with van der Waals surface area (Å²) in [5.41, 5.74) is 0.910. The second-order valence-corrected chi connectivity index (χ2v) is 4.45. The lowest BCUT2D eigenvalue weighted by Gasteiger charge is -2.14. The van der Waals surface area contributed by atoms with Gasteiger partial charge in [-0.25, -0.2) is 0 Å². The van der Waals surface area contributed by atoms with Gasteiger partial charge in [-0.2, -0.15) is 0 Å². The molecule has 102 valence electrons. The highest BCUT2D eigenvalue weighted by Gasteiger charge is 2.13. The second kappa shape index (κ2) is 7.48. The summed E-state index contributed by atoms with van der Waals surface area (Å²) in [5.74, 6) is 5.41. The van der Waals surface area contributed by atoms with Gasteiger partial charge in [-0.1, -0.05) is 25.0 Å². The molecule has 0 radical (unpaired) electrons. The number of hydrogen-bond acceptors (Lipinski definition) is 2. The minimum Gasteiger partial charge on any atom is -0.491 e. The highest BCUT2D eigenvalue weighted by atomic mass is 16.5. The first-order valence-electron chi connectivity index (χ1n) is 6.47. The first-order chi connectivity index (χ1) is 9.06. The summed E-state index contributed by atoms with van der Waals surface area (Å²) in [6.07, 6.45) is 1.15. The molecule has 0 aliphatic heterocycles. The van der Waals surface area contributed by atoms with E-state index in [0.29, 0.717) is 0 Å². The molecule has 0 aliphatic rings. The molecule has 19 heavy (non-hydrogen) atoms. The summed E-state index contributed by atoms with van der Waals surface area (Å²) in [5, 5.41) is 8.88. The van der Waals surface area contributed by atoms with E-state index in [0.717, 1.165) is 17.7 Å². The van der Waals surface area contributed by atoms with E-state index in [4.69, 9.17) is 9.84 Å². The first kappa shape index (κ1) is 15.1. The van der Waals surface area contributed by atoms with Crippen molar-refractivity contribution in [1.29, 1.82) is 0 Å². The highest BCUT2D eigenvalue weighted by Crippen LogP contribution is 2.22. The Balaban J connectivity index is 2.82. The number of hydrogen-bond donors (Lipinski definition) is 1. The molecule has 1 N–H and O–H groups in total. The molecule has 1 aromatic rings. The third-order valence-corrected chi connectivity index (χ3v) is 2.89. The molecular formula is C16H20O3. The fourth-order valence-corrected chi connectivity index (χ4v) is 1.70. The van der Waals surface area contributed by atoms with Crippen LogP contribution in [0.2, 0.25) is 0 Å². The Morgan fingerprint density at radius 3 is 2.47 bits per heavy atom. The summed E-state index contributed by atoms with van der Waals surface area (Å²) >= 11 is 0. The molecule has 0 bridgehead atoms. The van der Waals surface area contributed by atoms with Gasteiger partial charge in [-0.05, 0) is 38.0 Å². The van der Waals surface area contributed by atoms with Crippen LogP contribution in [0.5, 0.6) is 5.75 Å². The molecule has 0 fully saturated rings. The standard InChI is InChI=1S/C16H20O3/c1-4-6-14(11-16(17)18)13-7-9-15(10-8-13)19-12(3)5-2/h7-10,12,14H,5,11H2,1-3H3,(H,17,18)/t12-,14-/m0/s1. The summed E-state index contributed by atoms with van der Waals surface area (Å²) in [6.45, 7) is 5.80. The predicted octanol–water partition coefficient (Wildman–Crippen LogP) is 3.45. The zero-order valence-electron chi connectivity index (χ0n) is 11.6. The number of carboxylic acids is 1. The zero-order chi connectivity index (χ0) is 14.3. The minimum absolute atomic E-state index is 0.0202. The van der Waals surface area contributed by atoms with Gasteiger partial charge in [-0.3, -0.25) is 4.79 Å². The number of carboxylic acid groups (broad SMARTS) is 1. The van der Waals surface area contributed by atoms with Crippen molar-refractivity contribution < 1.29 is 14.6 Å². The fourth-order valence-electron chi connectivity index (χ4n) is 1.70. The average molecular weight is 260 g/mol. The van der Waals surface area contributed by atoms with Gasteiger partial charge >= 0.3 is 5.97 Å². The van der Waals surface area contributed by atoms with Crippen molar-refractivity contribution in [2.24, 2.45) is 0 Å². The lowest BCUT2D eigenvalue weighted by Crippen LogP contribution is -2.10. The van der Waals surface area contributed by atoms with Crippen molar-refractivity contribution in [1.82, 2.24) is 0 Å². The third-order valence-electron chi connectivity index (χ3n) is 2.89. The molecule has 0 heterocycles. The van der Waals surface area contributed by atoms with Crippen LogP contribution < -0.4 is 4.74 Å². The number of aliphatic carboxylic acids is 1. The molecule has 0 saturated heterocycles. The Hall–Kier alpha value is -1.95. The van der Waals surface area contributed by atoms with E-state index in [1.54, 1.807) is 6.92 Å². The van der Waals surface area contributed by atoms with E-state index in [2.05, 4.69) is 18.8 Å². The normalized spacial score (nSPS) is 13.0. The molecule has 0 spiro atoms. The van der Waals surface area contributed by atoms with Crippen LogP contribution in [0.3, 0.4) is 0 Å². The molecule has 1 rings (SSSR count). The van der Waals surface area contributed by atoms with E-state index in [1.165, 1.54) is 0 Å². The Morgan fingerprint density at radius 1 is 1.37 bits per heavy atom. The molecule has 0 amide bonds. The van der Waals surface area contributed by atoms with E-state index in [-0.39, 0.29) is 18.4 Å².